The van der Waals surface area contributed by atoms with E-state index in [1.165, 1.54) is 13.2 Å². The van der Waals surface area contributed by atoms with Gasteiger partial charge in [0.15, 0.2) is 0 Å². The molecule has 0 aromatic rings. The maximum Gasteiger partial charge on any atom is 0 e. The van der Waals surface area contributed by atoms with Crippen molar-refractivity contribution in [3.63, 3.8) is 0 Å². The van der Waals surface area contributed by atoms with Crippen molar-refractivity contribution < 1.29 is 37.5 Å². The van der Waals surface area contributed by atoms with E-state index in [0.717, 1.165) is 6.42 Å². The smallest absolute Gasteiger partial charge is 0 e. The second-order valence-electron chi connectivity index (χ2n) is 0.704. The van der Waals surface area contributed by atoms with Crippen LogP contribution in [0, 0.1) is 6.92 Å². The fraction of sp³-hybridized carbons (Fsp3) is 0.600. The zero-order chi connectivity index (χ0) is 5.41. The molecule has 0 aliphatic carbocycles. The molecule has 0 spiro atoms. The van der Waals surface area contributed by atoms with E-state index < -0.39 is 0 Å². The summed E-state index contributed by atoms with van der Waals surface area (Å²) in [5, 5.41) is 0. The Hall–Kier alpha value is 0.774. The van der Waals surface area contributed by atoms with Crippen LogP contribution in [0.5, 0.6) is 0 Å². The third-order valence-corrected chi connectivity index (χ3v) is 0. The second-order valence-corrected chi connectivity index (χ2v) is 0.704. The van der Waals surface area contributed by atoms with Gasteiger partial charge in [-0.2, -0.15) is 13.3 Å². The van der Waals surface area contributed by atoms with E-state index in [9.17, 15) is 0 Å². The van der Waals surface area contributed by atoms with Gasteiger partial charge in [0.1, 0.15) is 0 Å². The third kappa shape index (κ3) is 258. The molecule has 0 aliphatic heterocycles. The Kier molecular flexibility index (Phi) is 65.6. The van der Waals surface area contributed by atoms with E-state index in [2.05, 4.69) is 6.92 Å². The van der Waals surface area contributed by atoms with Crippen LogP contribution in [0.4, 0.5) is 0 Å². The second kappa shape index (κ2) is 29.3. The van der Waals surface area contributed by atoms with Crippen molar-refractivity contribution in [2.75, 3.05) is 0 Å². The van der Waals surface area contributed by atoms with Crippen LogP contribution in [0.15, 0.2) is 0 Å². The summed E-state index contributed by atoms with van der Waals surface area (Å²) in [5.74, 6) is 0. The Morgan fingerprint density at radius 2 is 1.71 bits per heavy atom. The zero-order valence-corrected chi connectivity index (χ0v) is 7.74. The van der Waals surface area contributed by atoms with Gasteiger partial charge < -0.3 is 11.7 Å². The Morgan fingerprint density at radius 1 is 1.71 bits per heavy atom. The van der Waals surface area contributed by atoms with Gasteiger partial charge in [-0.1, -0.05) is 6.92 Å². The maximum atomic E-state index is 8.68. The number of rotatable bonds is 0. The topological polar surface area (TPSA) is 17.1 Å². The molecule has 0 heterocycles. The Balaban J connectivity index is -0.0000000400. The minimum Gasteiger partial charge on any atom is -0.542 e. The molecule has 0 fully saturated rings. The standard InChI is InChI=1S/C3H7.C2H3O.Y/c1-3-2;1-2-3;/h1,3H2,2H3;1H3;/q2*-1;. The van der Waals surface area contributed by atoms with E-state index in [1.807, 2.05) is 6.92 Å². The van der Waals surface area contributed by atoms with Crippen molar-refractivity contribution in [2.24, 2.45) is 0 Å². The van der Waals surface area contributed by atoms with Crippen molar-refractivity contribution in [3.8, 4) is 0 Å². The molecule has 7 heavy (non-hydrogen) atoms. The van der Waals surface area contributed by atoms with E-state index in [0.29, 0.717) is 0 Å². The van der Waals surface area contributed by atoms with Crippen LogP contribution in [0.3, 0.4) is 0 Å². The van der Waals surface area contributed by atoms with Crippen molar-refractivity contribution in [2.45, 2.75) is 20.3 Å². The van der Waals surface area contributed by atoms with Gasteiger partial charge in [-0.15, -0.1) is 0 Å². The van der Waals surface area contributed by atoms with Gasteiger partial charge >= 0.3 is 0 Å². The molecule has 0 unspecified atom stereocenters. The molecule has 1 radical (unpaired) electrons. The molecule has 0 N–H and O–H groups in total. The van der Waals surface area contributed by atoms with Crippen LogP contribution in [-0.2, 0) is 37.5 Å². The van der Waals surface area contributed by atoms with Gasteiger partial charge in [0.2, 0.25) is 0 Å². The van der Waals surface area contributed by atoms with Crippen molar-refractivity contribution in [3.05, 3.63) is 6.92 Å². The molecule has 0 rings (SSSR count). The van der Waals surface area contributed by atoms with Crippen LogP contribution in [0.1, 0.15) is 20.3 Å². The summed E-state index contributed by atoms with van der Waals surface area (Å²) in [4.78, 5) is 8.68. The Morgan fingerprint density at radius 3 is 1.71 bits per heavy atom. The monoisotopic (exact) mass is 175 g/mol. The van der Waals surface area contributed by atoms with Crippen LogP contribution >= 0.6 is 0 Å². The molecule has 0 saturated heterocycles. The summed E-state index contributed by atoms with van der Waals surface area (Å²) in [6.07, 6.45) is 2.50. The van der Waals surface area contributed by atoms with Crippen molar-refractivity contribution >= 4 is 6.29 Å². The minimum absolute atomic E-state index is 0. The fourth-order valence-electron chi connectivity index (χ4n) is 0. The molecule has 0 saturated carbocycles. The van der Waals surface area contributed by atoms with E-state index in [4.69, 9.17) is 4.79 Å². The van der Waals surface area contributed by atoms with Crippen molar-refractivity contribution in [1.82, 2.24) is 0 Å². The molecule has 1 nitrogen and oxygen atoms in total. The van der Waals surface area contributed by atoms with Gasteiger partial charge in [0, 0.05) is 32.7 Å². The van der Waals surface area contributed by atoms with Gasteiger partial charge in [-0.25, -0.2) is 0 Å². The largest absolute Gasteiger partial charge is 0.542 e. The first-order valence-corrected chi connectivity index (χ1v) is 1.91. The van der Waals surface area contributed by atoms with E-state index >= 15 is 0 Å². The molecule has 0 aliphatic rings. The Labute approximate surface area is 70.8 Å². The molecular weight excluding hydrogens is 165 g/mol. The summed E-state index contributed by atoms with van der Waals surface area (Å²) < 4.78 is 0. The van der Waals surface area contributed by atoms with Crippen LogP contribution in [-0.4, -0.2) is 6.29 Å². The summed E-state index contributed by atoms with van der Waals surface area (Å²) in [5.41, 5.74) is 0. The van der Waals surface area contributed by atoms with Gasteiger partial charge in [-0.3, -0.25) is 6.29 Å². The van der Waals surface area contributed by atoms with Gasteiger partial charge in [0.05, 0.1) is 0 Å². The quantitative estimate of drug-likeness (QED) is 0.507. The van der Waals surface area contributed by atoms with Crippen LogP contribution in [0.25, 0.3) is 0 Å². The number of carbonyl (C=O) groups excluding carboxylic acids is 1. The van der Waals surface area contributed by atoms with Crippen LogP contribution < -0.4 is 0 Å². The first kappa shape index (κ1) is 15.7. The zero-order valence-electron chi connectivity index (χ0n) is 4.90. The molecule has 0 aromatic heterocycles. The first-order valence-electron chi connectivity index (χ1n) is 1.91. The Bertz CT molecular complexity index is 22.0. The molecule has 41 valence electrons. The minimum atomic E-state index is 0. The molecular formula is C5H10OY-2. The molecule has 0 bridgehead atoms. The molecule has 0 atom stereocenters. The summed E-state index contributed by atoms with van der Waals surface area (Å²) >= 11 is 0. The molecule has 0 aromatic carbocycles. The van der Waals surface area contributed by atoms with E-state index in [-0.39, 0.29) is 32.7 Å². The third-order valence-electron chi connectivity index (χ3n) is 0. The fourth-order valence-corrected chi connectivity index (χ4v) is 0. The van der Waals surface area contributed by atoms with Gasteiger partial charge in [-0.05, 0) is 0 Å². The molecule has 2 heteroatoms. The SMILES string of the molecule is C[C-]=O.[CH2-]CC.[Y]. The maximum absolute atomic E-state index is 8.68. The van der Waals surface area contributed by atoms with E-state index in [1.54, 1.807) is 0 Å². The number of hydrogen-bond donors (Lipinski definition) is 0. The average molecular weight is 175 g/mol. The summed E-state index contributed by atoms with van der Waals surface area (Å²) in [7, 11) is 0. The average Bonchev–Trinajstić information content (AvgIpc) is 1.39. The normalized spacial score (nSPS) is 4.43. The summed E-state index contributed by atoms with van der Waals surface area (Å²) in [6.45, 7) is 6.82. The van der Waals surface area contributed by atoms with Crippen molar-refractivity contribution in [1.29, 1.82) is 0 Å². The van der Waals surface area contributed by atoms with Gasteiger partial charge in [0.25, 0.3) is 0 Å². The predicted octanol–water partition coefficient (Wildman–Crippen LogP) is 1.34. The number of hydrogen-bond acceptors (Lipinski definition) is 1. The first-order chi connectivity index (χ1) is 2.83. The van der Waals surface area contributed by atoms with Crippen LogP contribution in [0.2, 0.25) is 0 Å². The summed E-state index contributed by atoms with van der Waals surface area (Å²) in [6, 6.07) is 0. The predicted molar refractivity (Wildman–Crippen MR) is 27.0 cm³/mol. The molecule has 0 amide bonds.